The molecule has 1 heterocycles. The Morgan fingerprint density at radius 1 is 0.977 bits per heavy atom. The summed E-state index contributed by atoms with van der Waals surface area (Å²) in [5.74, 6) is 0.333. The molecule has 0 saturated carbocycles. The molecule has 14 heteroatoms. The Morgan fingerprint density at radius 2 is 1.66 bits per heavy atom. The number of thiazole rings is 1. The molecule has 0 atom stereocenters. The molecule has 0 aliphatic rings. The van der Waals surface area contributed by atoms with Crippen LogP contribution in [0.4, 0.5) is 18.9 Å². The second-order valence-electron chi connectivity index (χ2n) is 8.81. The van der Waals surface area contributed by atoms with Crippen LogP contribution in [0.2, 0.25) is 5.02 Å². The molecular formula is C30H23ClF3N3O6S. The Hall–Kier alpha value is -4.93. The molecule has 0 spiro atoms. The average Bonchev–Trinajstić information content (AvgIpc) is 3.32. The van der Waals surface area contributed by atoms with E-state index >= 15 is 0 Å². The molecule has 44 heavy (non-hydrogen) atoms. The van der Waals surface area contributed by atoms with Crippen molar-refractivity contribution in [3.63, 3.8) is 0 Å². The van der Waals surface area contributed by atoms with Crippen LogP contribution in [0.1, 0.15) is 11.1 Å². The Kier molecular flexibility index (Phi) is 9.56. The van der Waals surface area contributed by atoms with Gasteiger partial charge in [0, 0.05) is 5.56 Å². The highest BCUT2D eigenvalue weighted by atomic mass is 35.5. The number of anilines is 1. The third kappa shape index (κ3) is 6.36. The number of amides is 1. The molecule has 0 aliphatic heterocycles. The molecule has 4 rings (SSSR count). The summed E-state index contributed by atoms with van der Waals surface area (Å²) < 4.78 is 62.5. The zero-order chi connectivity index (χ0) is 32.2. The number of methoxy groups -OCH3 is 4. The summed E-state index contributed by atoms with van der Waals surface area (Å²) >= 11 is 6.87. The molecule has 1 aromatic heterocycles. The quantitative estimate of drug-likeness (QED) is 0.295. The SMILES string of the molecule is COc1ccc(-n2c(=O)/c(=C\c3ccc(OC)c(OC)c3OC)s/c2=C(/C#N)C(=O)Nc2cc(C(F)(F)F)ccc2Cl)cc1. The lowest BCUT2D eigenvalue weighted by Crippen LogP contribution is -2.32. The van der Waals surface area contributed by atoms with Gasteiger partial charge in [-0.05, 0) is 60.7 Å². The van der Waals surface area contributed by atoms with Gasteiger partial charge >= 0.3 is 6.18 Å². The fourth-order valence-electron chi connectivity index (χ4n) is 4.17. The summed E-state index contributed by atoms with van der Waals surface area (Å²) in [5, 5.41) is 12.2. The summed E-state index contributed by atoms with van der Waals surface area (Å²) in [6.07, 6.45) is -3.21. The smallest absolute Gasteiger partial charge is 0.416 e. The molecule has 1 N–H and O–H groups in total. The summed E-state index contributed by atoms with van der Waals surface area (Å²) in [4.78, 5) is 27.2. The number of carbonyl (C=O) groups excluding carboxylic acids is 1. The van der Waals surface area contributed by atoms with E-state index in [1.807, 2.05) is 0 Å². The second-order valence-corrected chi connectivity index (χ2v) is 10.2. The number of alkyl halides is 3. The summed E-state index contributed by atoms with van der Waals surface area (Å²) in [7, 11) is 5.75. The molecule has 4 aromatic rings. The number of ether oxygens (including phenoxy) is 4. The maximum absolute atomic E-state index is 13.9. The summed E-state index contributed by atoms with van der Waals surface area (Å²) in [5.41, 5.74) is -1.84. The molecule has 0 saturated heterocycles. The number of halogens is 4. The Balaban J connectivity index is 1.99. The van der Waals surface area contributed by atoms with Crippen LogP contribution in [-0.2, 0) is 11.0 Å². The van der Waals surface area contributed by atoms with E-state index in [4.69, 9.17) is 30.5 Å². The van der Waals surface area contributed by atoms with Gasteiger partial charge in [0.05, 0.1) is 54.9 Å². The minimum Gasteiger partial charge on any atom is -0.497 e. The van der Waals surface area contributed by atoms with Crippen molar-refractivity contribution in [1.29, 1.82) is 5.26 Å². The number of hydrogen-bond acceptors (Lipinski definition) is 8. The van der Waals surface area contributed by atoms with Crippen molar-refractivity contribution < 1.29 is 36.9 Å². The number of nitrogens with zero attached hydrogens (tertiary/aromatic N) is 2. The van der Waals surface area contributed by atoms with Gasteiger partial charge in [-0.3, -0.25) is 14.2 Å². The third-order valence-electron chi connectivity index (χ3n) is 6.27. The van der Waals surface area contributed by atoms with Crippen LogP contribution in [0.15, 0.2) is 59.4 Å². The first-order valence-corrected chi connectivity index (χ1v) is 13.7. The number of nitrogens with one attached hydrogen (secondary N) is 1. The molecule has 3 aromatic carbocycles. The molecule has 0 fully saturated rings. The van der Waals surface area contributed by atoms with Gasteiger partial charge in [0.2, 0.25) is 5.75 Å². The zero-order valence-electron chi connectivity index (χ0n) is 23.5. The topological polar surface area (TPSA) is 112 Å². The van der Waals surface area contributed by atoms with Crippen molar-refractivity contribution in [3.8, 4) is 34.8 Å². The Labute approximate surface area is 257 Å². The molecule has 228 valence electrons. The van der Waals surface area contributed by atoms with Crippen LogP contribution in [0.3, 0.4) is 0 Å². The molecule has 0 radical (unpaired) electrons. The highest BCUT2D eigenvalue weighted by Gasteiger charge is 2.31. The minimum absolute atomic E-state index is 0.0889. The van der Waals surface area contributed by atoms with E-state index in [-0.39, 0.29) is 31.4 Å². The first-order chi connectivity index (χ1) is 21.0. The van der Waals surface area contributed by atoms with E-state index in [1.54, 1.807) is 42.5 Å². The van der Waals surface area contributed by atoms with E-state index in [0.29, 0.717) is 28.8 Å². The first-order valence-electron chi connectivity index (χ1n) is 12.5. The van der Waals surface area contributed by atoms with Crippen LogP contribution >= 0.6 is 22.9 Å². The highest BCUT2D eigenvalue weighted by Crippen LogP contribution is 2.40. The van der Waals surface area contributed by atoms with Crippen molar-refractivity contribution in [1.82, 2.24) is 4.57 Å². The normalized spacial score (nSPS) is 12.3. The lowest BCUT2D eigenvalue weighted by molar-refractivity contribution is -0.137. The van der Waals surface area contributed by atoms with Crippen LogP contribution < -0.4 is 39.0 Å². The predicted molar refractivity (Wildman–Crippen MR) is 159 cm³/mol. The zero-order valence-corrected chi connectivity index (χ0v) is 25.1. The van der Waals surface area contributed by atoms with Crippen LogP contribution in [0, 0.1) is 11.3 Å². The van der Waals surface area contributed by atoms with Gasteiger partial charge in [-0.2, -0.15) is 18.4 Å². The monoisotopic (exact) mass is 645 g/mol. The van der Waals surface area contributed by atoms with Crippen molar-refractivity contribution in [3.05, 3.63) is 90.3 Å². The molecule has 0 unspecified atom stereocenters. The number of rotatable bonds is 8. The second kappa shape index (κ2) is 13.2. The van der Waals surface area contributed by atoms with Crippen molar-refractivity contribution >= 4 is 46.2 Å². The van der Waals surface area contributed by atoms with Gasteiger partial charge < -0.3 is 24.3 Å². The lowest BCUT2D eigenvalue weighted by Gasteiger charge is -2.13. The lowest BCUT2D eigenvalue weighted by atomic mass is 10.1. The maximum Gasteiger partial charge on any atom is 0.416 e. The average molecular weight is 646 g/mol. The molecule has 0 bridgehead atoms. The standard InChI is InChI=1S/C30H23ClF3N3O6S/c1-40-19-9-7-18(8-10-19)37-28(39)24(13-16-5-12-23(41-2)26(43-4)25(16)42-3)44-29(37)20(15-35)27(38)36-22-14-17(30(32,33)34)6-11-21(22)31/h5-14H,1-4H3,(H,36,38)/b24-13+,29-20-. The number of hydrogen-bond donors (Lipinski definition) is 1. The van der Waals surface area contributed by atoms with Gasteiger partial charge in [-0.15, -0.1) is 11.3 Å². The summed E-state index contributed by atoms with van der Waals surface area (Å²) in [6, 6.07) is 13.7. The van der Waals surface area contributed by atoms with Crippen molar-refractivity contribution in [2.75, 3.05) is 33.8 Å². The number of benzene rings is 3. The van der Waals surface area contributed by atoms with E-state index in [2.05, 4.69) is 5.32 Å². The van der Waals surface area contributed by atoms with Crippen molar-refractivity contribution in [2.24, 2.45) is 0 Å². The minimum atomic E-state index is -4.70. The van der Waals surface area contributed by atoms with E-state index in [1.165, 1.54) is 34.5 Å². The largest absolute Gasteiger partial charge is 0.497 e. The fourth-order valence-corrected chi connectivity index (χ4v) is 5.43. The molecular weight excluding hydrogens is 623 g/mol. The molecule has 0 aliphatic carbocycles. The van der Waals surface area contributed by atoms with E-state index < -0.39 is 28.8 Å². The van der Waals surface area contributed by atoms with E-state index in [9.17, 15) is 28.0 Å². The van der Waals surface area contributed by atoms with Gasteiger partial charge in [0.15, 0.2) is 17.1 Å². The van der Waals surface area contributed by atoms with Crippen molar-refractivity contribution in [2.45, 2.75) is 6.18 Å². The van der Waals surface area contributed by atoms with Crippen LogP contribution in [-0.4, -0.2) is 38.9 Å². The van der Waals surface area contributed by atoms with Crippen LogP contribution in [0.5, 0.6) is 23.0 Å². The summed E-state index contributed by atoms with van der Waals surface area (Å²) in [6.45, 7) is 0. The molecule has 9 nitrogen and oxygen atoms in total. The number of nitriles is 1. The van der Waals surface area contributed by atoms with Crippen LogP contribution in [0.25, 0.3) is 17.3 Å². The van der Waals surface area contributed by atoms with Gasteiger partial charge in [-0.1, -0.05) is 11.6 Å². The van der Waals surface area contributed by atoms with Gasteiger partial charge in [0.25, 0.3) is 11.5 Å². The fraction of sp³-hybridized carbons (Fsp3) is 0.167. The van der Waals surface area contributed by atoms with E-state index in [0.717, 1.165) is 28.0 Å². The maximum atomic E-state index is 13.9. The van der Waals surface area contributed by atoms with Gasteiger partial charge in [-0.25, -0.2) is 0 Å². The predicted octanol–water partition coefficient (Wildman–Crippen LogP) is 4.75. The van der Waals surface area contributed by atoms with Gasteiger partial charge in [0.1, 0.15) is 16.5 Å². The Bertz CT molecular complexity index is 1950. The molecule has 1 amide bonds. The third-order valence-corrected chi connectivity index (χ3v) is 7.69. The first kappa shape index (κ1) is 32.0. The highest BCUT2D eigenvalue weighted by molar-refractivity contribution is 7.07. The Morgan fingerprint density at radius 3 is 2.23 bits per heavy atom. The number of carbonyl (C=O) groups is 1. The number of aromatic nitrogens is 1.